The fraction of sp³-hybridized carbons (Fsp3) is 1.00. The van der Waals surface area contributed by atoms with E-state index in [4.69, 9.17) is 10.5 Å². The third-order valence-electron chi connectivity index (χ3n) is 1.44. The minimum absolute atomic E-state index is 0.466. The molecule has 62 valence electrons. The highest BCUT2D eigenvalue weighted by Gasteiger charge is 2.01. The zero-order valence-electron chi connectivity index (χ0n) is 6.89. The highest BCUT2D eigenvalue weighted by molar-refractivity contribution is 4.62. The summed E-state index contributed by atoms with van der Waals surface area (Å²) in [6.07, 6.45) is 1.09. The maximum Gasteiger partial charge on any atom is 0.0615 e. The summed E-state index contributed by atoms with van der Waals surface area (Å²) in [6, 6.07) is 0.466. The number of methoxy groups -OCH3 is 1. The Morgan fingerprint density at radius 2 is 2.30 bits per heavy atom. The van der Waals surface area contributed by atoms with Crippen LogP contribution in [-0.2, 0) is 4.74 Å². The second-order valence-corrected chi connectivity index (χ2v) is 2.30. The number of nitrogens with one attached hydrogen (secondary N) is 1. The maximum absolute atomic E-state index is 5.32. The van der Waals surface area contributed by atoms with Crippen molar-refractivity contribution in [3.8, 4) is 0 Å². The normalized spacial score (nSPS) is 13.5. The van der Waals surface area contributed by atoms with Gasteiger partial charge in [0.2, 0.25) is 0 Å². The van der Waals surface area contributed by atoms with Gasteiger partial charge in [-0.3, -0.25) is 0 Å². The molecule has 0 amide bonds. The van der Waals surface area contributed by atoms with E-state index < -0.39 is 0 Å². The van der Waals surface area contributed by atoms with Gasteiger partial charge < -0.3 is 15.8 Å². The van der Waals surface area contributed by atoms with E-state index in [1.807, 2.05) is 0 Å². The lowest BCUT2D eigenvalue weighted by atomic mass is 10.2. The Hall–Kier alpha value is -0.120. The average molecular weight is 146 g/mol. The summed E-state index contributed by atoms with van der Waals surface area (Å²) in [5.74, 6) is 0. The molecule has 3 heteroatoms. The number of hydrogen-bond donors (Lipinski definition) is 2. The number of nitrogens with two attached hydrogens (primary N) is 1. The first-order valence-electron chi connectivity index (χ1n) is 3.77. The van der Waals surface area contributed by atoms with Gasteiger partial charge in [-0.05, 0) is 6.42 Å². The highest BCUT2D eigenvalue weighted by Crippen LogP contribution is 1.89. The lowest BCUT2D eigenvalue weighted by Gasteiger charge is -2.14. The number of rotatable bonds is 6. The molecule has 0 aliphatic rings. The quantitative estimate of drug-likeness (QED) is 0.553. The molecule has 0 aliphatic heterocycles. The van der Waals surface area contributed by atoms with Crippen LogP contribution < -0.4 is 11.1 Å². The van der Waals surface area contributed by atoms with Crippen molar-refractivity contribution in [3.63, 3.8) is 0 Å². The lowest BCUT2D eigenvalue weighted by molar-refractivity contribution is 0.165. The zero-order chi connectivity index (χ0) is 7.82. The molecular weight excluding hydrogens is 128 g/mol. The molecule has 0 fully saturated rings. The van der Waals surface area contributed by atoms with E-state index in [2.05, 4.69) is 12.2 Å². The Morgan fingerprint density at radius 1 is 1.60 bits per heavy atom. The summed E-state index contributed by atoms with van der Waals surface area (Å²) in [5.41, 5.74) is 5.32. The molecule has 0 aromatic carbocycles. The largest absolute Gasteiger partial charge is 0.383 e. The fourth-order valence-electron chi connectivity index (χ4n) is 0.810. The van der Waals surface area contributed by atoms with Crippen LogP contribution >= 0.6 is 0 Å². The molecular formula is C7H18N2O. The Morgan fingerprint density at radius 3 is 2.70 bits per heavy atom. The lowest BCUT2D eigenvalue weighted by Crippen LogP contribution is -2.35. The topological polar surface area (TPSA) is 47.3 Å². The molecule has 0 radical (unpaired) electrons. The van der Waals surface area contributed by atoms with E-state index in [1.165, 1.54) is 0 Å². The minimum atomic E-state index is 0.466. The first-order chi connectivity index (χ1) is 4.85. The molecule has 1 unspecified atom stereocenters. The predicted octanol–water partition coefficient (Wildman–Crippen LogP) is -0.0403. The molecule has 0 rings (SSSR count). The van der Waals surface area contributed by atoms with Crippen molar-refractivity contribution >= 4 is 0 Å². The highest BCUT2D eigenvalue weighted by atomic mass is 16.5. The minimum Gasteiger partial charge on any atom is -0.383 e. The van der Waals surface area contributed by atoms with E-state index in [1.54, 1.807) is 7.11 Å². The van der Waals surface area contributed by atoms with E-state index >= 15 is 0 Å². The summed E-state index contributed by atoms with van der Waals surface area (Å²) >= 11 is 0. The van der Waals surface area contributed by atoms with Crippen molar-refractivity contribution < 1.29 is 4.74 Å². The van der Waals surface area contributed by atoms with Gasteiger partial charge in [0.25, 0.3) is 0 Å². The molecule has 0 saturated carbocycles. The second kappa shape index (κ2) is 6.99. The van der Waals surface area contributed by atoms with Gasteiger partial charge in [0.1, 0.15) is 0 Å². The van der Waals surface area contributed by atoms with Crippen LogP contribution in [0.5, 0.6) is 0 Å². The molecule has 0 aliphatic carbocycles. The van der Waals surface area contributed by atoms with Crippen molar-refractivity contribution in [1.82, 2.24) is 5.32 Å². The standard InChI is InChI=1S/C7H18N2O/c1-3-7(6-10-2)9-5-4-8/h7,9H,3-6,8H2,1-2H3. The molecule has 0 aromatic heterocycles. The molecule has 0 aromatic rings. The fourth-order valence-corrected chi connectivity index (χ4v) is 0.810. The zero-order valence-corrected chi connectivity index (χ0v) is 6.89. The summed E-state index contributed by atoms with van der Waals surface area (Å²) in [4.78, 5) is 0. The van der Waals surface area contributed by atoms with Crippen LogP contribution in [0.3, 0.4) is 0 Å². The maximum atomic E-state index is 5.32. The molecule has 3 N–H and O–H groups in total. The van der Waals surface area contributed by atoms with Gasteiger partial charge >= 0.3 is 0 Å². The molecule has 0 saturated heterocycles. The van der Waals surface area contributed by atoms with Gasteiger partial charge in [-0.15, -0.1) is 0 Å². The summed E-state index contributed by atoms with van der Waals surface area (Å²) in [5, 5.41) is 3.27. The Balaban J connectivity index is 3.21. The predicted molar refractivity (Wildman–Crippen MR) is 43.0 cm³/mol. The molecule has 3 nitrogen and oxygen atoms in total. The van der Waals surface area contributed by atoms with Crippen molar-refractivity contribution in [1.29, 1.82) is 0 Å². The van der Waals surface area contributed by atoms with E-state index in [-0.39, 0.29) is 0 Å². The van der Waals surface area contributed by atoms with Gasteiger partial charge in [0.05, 0.1) is 6.61 Å². The number of ether oxygens (including phenoxy) is 1. The Labute approximate surface area is 62.9 Å². The van der Waals surface area contributed by atoms with Crippen LogP contribution in [0.2, 0.25) is 0 Å². The monoisotopic (exact) mass is 146 g/mol. The summed E-state index contributed by atoms with van der Waals surface area (Å²) in [6.45, 7) is 4.48. The van der Waals surface area contributed by atoms with Crippen molar-refractivity contribution in [2.45, 2.75) is 19.4 Å². The molecule has 10 heavy (non-hydrogen) atoms. The van der Waals surface area contributed by atoms with Crippen molar-refractivity contribution in [2.75, 3.05) is 26.8 Å². The van der Waals surface area contributed by atoms with Gasteiger partial charge in [0.15, 0.2) is 0 Å². The van der Waals surface area contributed by atoms with Crippen molar-refractivity contribution in [3.05, 3.63) is 0 Å². The van der Waals surface area contributed by atoms with Crippen LogP contribution in [0, 0.1) is 0 Å². The average Bonchev–Trinajstić information content (AvgIpc) is 1.98. The molecule has 0 heterocycles. The summed E-state index contributed by atoms with van der Waals surface area (Å²) in [7, 11) is 1.72. The molecule has 1 atom stereocenters. The van der Waals surface area contributed by atoms with Gasteiger partial charge in [0, 0.05) is 26.2 Å². The second-order valence-electron chi connectivity index (χ2n) is 2.30. The van der Waals surface area contributed by atoms with Gasteiger partial charge in [-0.25, -0.2) is 0 Å². The van der Waals surface area contributed by atoms with Crippen LogP contribution in [0.25, 0.3) is 0 Å². The first kappa shape index (κ1) is 9.88. The van der Waals surface area contributed by atoms with Crippen LogP contribution in [-0.4, -0.2) is 32.8 Å². The van der Waals surface area contributed by atoms with Gasteiger partial charge in [-0.1, -0.05) is 6.92 Å². The third-order valence-corrected chi connectivity index (χ3v) is 1.44. The summed E-state index contributed by atoms with van der Waals surface area (Å²) < 4.78 is 4.99. The smallest absolute Gasteiger partial charge is 0.0615 e. The third kappa shape index (κ3) is 4.73. The molecule has 0 bridgehead atoms. The Kier molecular flexibility index (Phi) is 6.91. The van der Waals surface area contributed by atoms with Crippen LogP contribution in [0.15, 0.2) is 0 Å². The Bertz CT molecular complexity index is 68.6. The van der Waals surface area contributed by atoms with E-state index in [0.717, 1.165) is 19.6 Å². The van der Waals surface area contributed by atoms with Crippen LogP contribution in [0.1, 0.15) is 13.3 Å². The van der Waals surface area contributed by atoms with E-state index in [0.29, 0.717) is 12.6 Å². The van der Waals surface area contributed by atoms with Crippen LogP contribution in [0.4, 0.5) is 0 Å². The number of hydrogen-bond acceptors (Lipinski definition) is 3. The van der Waals surface area contributed by atoms with Gasteiger partial charge in [-0.2, -0.15) is 0 Å². The van der Waals surface area contributed by atoms with E-state index in [9.17, 15) is 0 Å². The SMILES string of the molecule is CCC(COC)NCCN. The van der Waals surface area contributed by atoms with Crippen molar-refractivity contribution in [2.24, 2.45) is 5.73 Å². The first-order valence-corrected chi connectivity index (χ1v) is 3.77. The molecule has 0 spiro atoms.